The Hall–Kier alpha value is -2.72. The first kappa shape index (κ1) is 21.5. The van der Waals surface area contributed by atoms with Crippen molar-refractivity contribution in [3.05, 3.63) is 47.0 Å². The van der Waals surface area contributed by atoms with Gasteiger partial charge in [-0.05, 0) is 43.3 Å². The van der Waals surface area contributed by atoms with Crippen molar-refractivity contribution in [1.29, 1.82) is 0 Å². The molecular formula is C21H22ClN5O3S. The summed E-state index contributed by atoms with van der Waals surface area (Å²) in [7, 11) is 1.90. The van der Waals surface area contributed by atoms with Crippen LogP contribution in [0.4, 0.5) is 11.1 Å². The number of ether oxygens (including phenoxy) is 1. The summed E-state index contributed by atoms with van der Waals surface area (Å²) in [5.41, 5.74) is 2.98. The van der Waals surface area contributed by atoms with Gasteiger partial charge in [-0.1, -0.05) is 22.9 Å². The van der Waals surface area contributed by atoms with Crippen LogP contribution < -0.4 is 10.6 Å². The topological polar surface area (TPSA) is 101 Å². The third-order valence-corrected chi connectivity index (χ3v) is 5.93. The molecule has 0 spiro atoms. The molecule has 1 atom stereocenters. The highest BCUT2D eigenvalue weighted by molar-refractivity contribution is 7.22. The molecule has 2 heterocycles. The number of fused-ring (bicyclic) bond motifs is 2. The van der Waals surface area contributed by atoms with E-state index in [-0.39, 0.29) is 18.6 Å². The molecule has 2 aromatic carbocycles. The molecule has 0 aliphatic heterocycles. The summed E-state index contributed by atoms with van der Waals surface area (Å²) in [4.78, 5) is 21.6. The van der Waals surface area contributed by atoms with Gasteiger partial charge in [-0.15, -0.1) is 0 Å². The lowest BCUT2D eigenvalue weighted by molar-refractivity contribution is 0.0265. The molecule has 10 heteroatoms. The van der Waals surface area contributed by atoms with Crippen molar-refractivity contribution in [3.63, 3.8) is 0 Å². The van der Waals surface area contributed by atoms with E-state index in [2.05, 4.69) is 20.6 Å². The Labute approximate surface area is 187 Å². The van der Waals surface area contributed by atoms with E-state index in [1.165, 1.54) is 11.3 Å². The predicted molar refractivity (Wildman–Crippen MR) is 123 cm³/mol. The molecule has 4 aromatic rings. The van der Waals surface area contributed by atoms with Crippen LogP contribution in [-0.4, -0.2) is 51.4 Å². The summed E-state index contributed by atoms with van der Waals surface area (Å²) in [5, 5.41) is 16.4. The normalized spacial score (nSPS) is 12.4. The lowest BCUT2D eigenvalue weighted by Gasteiger charge is -2.10. The first-order chi connectivity index (χ1) is 14.9. The number of thiazole rings is 1. The van der Waals surface area contributed by atoms with Crippen LogP contribution in [0.2, 0.25) is 5.02 Å². The average Bonchev–Trinajstić information content (AvgIpc) is 3.30. The summed E-state index contributed by atoms with van der Waals surface area (Å²) >= 11 is 7.56. The fourth-order valence-electron chi connectivity index (χ4n) is 3.08. The van der Waals surface area contributed by atoms with E-state index in [0.717, 1.165) is 15.7 Å². The summed E-state index contributed by atoms with van der Waals surface area (Å²) in [6.45, 7) is 2.41. The fourth-order valence-corrected chi connectivity index (χ4v) is 4.22. The molecule has 31 heavy (non-hydrogen) atoms. The van der Waals surface area contributed by atoms with Crippen molar-refractivity contribution in [1.82, 2.24) is 19.9 Å². The molecule has 0 saturated heterocycles. The molecule has 162 valence electrons. The number of anilines is 2. The average molecular weight is 460 g/mol. The minimum absolute atomic E-state index is 0.0502. The van der Waals surface area contributed by atoms with Crippen LogP contribution in [0.15, 0.2) is 36.4 Å². The van der Waals surface area contributed by atoms with Gasteiger partial charge in [-0.3, -0.25) is 4.79 Å². The summed E-state index contributed by atoms with van der Waals surface area (Å²) < 4.78 is 8.26. The zero-order valence-corrected chi connectivity index (χ0v) is 18.6. The number of nitrogens with zero attached hydrogens (tertiary/aromatic N) is 3. The first-order valence-electron chi connectivity index (χ1n) is 9.75. The monoisotopic (exact) mass is 459 g/mol. The Kier molecular flexibility index (Phi) is 6.38. The van der Waals surface area contributed by atoms with Crippen LogP contribution in [0.1, 0.15) is 17.3 Å². The van der Waals surface area contributed by atoms with Gasteiger partial charge in [0.15, 0.2) is 5.13 Å². The predicted octanol–water partition coefficient (Wildman–Crippen LogP) is 3.71. The van der Waals surface area contributed by atoms with Gasteiger partial charge in [0.1, 0.15) is 0 Å². The van der Waals surface area contributed by atoms with E-state index < -0.39 is 0 Å². The van der Waals surface area contributed by atoms with E-state index in [4.69, 9.17) is 21.4 Å². The summed E-state index contributed by atoms with van der Waals surface area (Å²) in [6.07, 6.45) is -0.250. The second-order valence-electron chi connectivity index (χ2n) is 7.07. The van der Waals surface area contributed by atoms with Crippen molar-refractivity contribution in [3.8, 4) is 0 Å². The number of aryl methyl sites for hydroxylation is 1. The first-order valence-corrected chi connectivity index (χ1v) is 10.9. The van der Waals surface area contributed by atoms with E-state index in [0.29, 0.717) is 40.3 Å². The van der Waals surface area contributed by atoms with E-state index in [1.54, 1.807) is 19.1 Å². The molecule has 0 saturated carbocycles. The fraction of sp³-hybridized carbons (Fsp3) is 0.286. The molecule has 0 aliphatic carbocycles. The van der Waals surface area contributed by atoms with Crippen molar-refractivity contribution < 1.29 is 14.6 Å². The zero-order chi connectivity index (χ0) is 22.0. The number of hydrogen-bond donors (Lipinski definition) is 3. The van der Waals surface area contributed by atoms with Crippen molar-refractivity contribution >= 4 is 61.2 Å². The minimum atomic E-state index is -0.250. The van der Waals surface area contributed by atoms with Crippen molar-refractivity contribution in [2.45, 2.75) is 13.0 Å². The number of hydrogen-bond acceptors (Lipinski definition) is 7. The summed E-state index contributed by atoms with van der Waals surface area (Å²) in [6, 6.07) is 11.0. The molecular weight excluding hydrogens is 438 g/mol. The maximum absolute atomic E-state index is 12.4. The minimum Gasteiger partial charge on any atom is -0.394 e. The molecule has 0 fully saturated rings. The van der Waals surface area contributed by atoms with Gasteiger partial charge >= 0.3 is 0 Å². The second-order valence-corrected chi connectivity index (χ2v) is 8.54. The summed E-state index contributed by atoms with van der Waals surface area (Å²) in [5.74, 6) is 0.425. The molecule has 0 bridgehead atoms. The Morgan fingerprint density at radius 1 is 1.26 bits per heavy atom. The number of imidazole rings is 1. The molecule has 8 nitrogen and oxygen atoms in total. The second kappa shape index (κ2) is 9.19. The highest BCUT2D eigenvalue weighted by Crippen LogP contribution is 2.31. The molecule has 4 rings (SSSR count). The Bertz CT molecular complexity index is 1240. The largest absolute Gasteiger partial charge is 0.394 e. The molecule has 0 radical (unpaired) electrons. The van der Waals surface area contributed by atoms with Crippen molar-refractivity contribution in [2.24, 2.45) is 7.05 Å². The van der Waals surface area contributed by atoms with Crippen LogP contribution in [-0.2, 0) is 11.8 Å². The van der Waals surface area contributed by atoms with Crippen LogP contribution in [0, 0.1) is 0 Å². The number of amides is 1. The van der Waals surface area contributed by atoms with Gasteiger partial charge in [0.2, 0.25) is 5.95 Å². The number of carbonyl (C=O) groups excluding carboxylic acids is 1. The molecule has 1 amide bonds. The van der Waals surface area contributed by atoms with Crippen LogP contribution >= 0.6 is 22.9 Å². The molecule has 1 unspecified atom stereocenters. The zero-order valence-electron chi connectivity index (χ0n) is 17.1. The number of aliphatic hydroxyl groups excluding tert-OH is 1. The quantitative estimate of drug-likeness (QED) is 0.347. The van der Waals surface area contributed by atoms with Gasteiger partial charge in [0.05, 0.1) is 40.6 Å². The van der Waals surface area contributed by atoms with E-state index in [1.807, 2.05) is 35.9 Å². The Morgan fingerprint density at radius 2 is 2.10 bits per heavy atom. The number of carbonyl (C=O) groups is 1. The lowest BCUT2D eigenvalue weighted by Crippen LogP contribution is -2.28. The third kappa shape index (κ3) is 4.80. The number of rotatable bonds is 8. The maximum Gasteiger partial charge on any atom is 0.251 e. The van der Waals surface area contributed by atoms with Crippen LogP contribution in [0.3, 0.4) is 0 Å². The van der Waals surface area contributed by atoms with E-state index in [9.17, 15) is 4.79 Å². The van der Waals surface area contributed by atoms with Crippen molar-refractivity contribution in [2.75, 3.05) is 25.1 Å². The molecule has 0 aliphatic rings. The highest BCUT2D eigenvalue weighted by Gasteiger charge is 2.13. The maximum atomic E-state index is 12.4. The highest BCUT2D eigenvalue weighted by atomic mass is 35.5. The van der Waals surface area contributed by atoms with Gasteiger partial charge in [0, 0.05) is 24.2 Å². The van der Waals surface area contributed by atoms with Crippen LogP contribution in [0.5, 0.6) is 0 Å². The standard InChI is InChI=1S/C21H22ClN5O3S/c1-12(11-28)30-8-7-23-19(29)13-3-6-17-16(9-13)24-20(27(17)2)26-21-25-15-5-4-14(22)10-18(15)31-21/h3-6,9-10,12,28H,7-8,11H2,1-2H3,(H,23,29)(H,24,25,26). The SMILES string of the molecule is CC(CO)OCCNC(=O)c1ccc2c(c1)nc(Nc1nc3ccc(Cl)cc3s1)n2C. The lowest BCUT2D eigenvalue weighted by atomic mass is 10.2. The molecule has 2 aromatic heterocycles. The van der Waals surface area contributed by atoms with Crippen LogP contribution in [0.25, 0.3) is 21.3 Å². The number of halogens is 1. The Morgan fingerprint density at radius 3 is 2.90 bits per heavy atom. The molecule has 3 N–H and O–H groups in total. The van der Waals surface area contributed by atoms with Gasteiger partial charge in [-0.2, -0.15) is 0 Å². The van der Waals surface area contributed by atoms with Gasteiger partial charge in [0.25, 0.3) is 5.91 Å². The number of benzene rings is 2. The van der Waals surface area contributed by atoms with Gasteiger partial charge in [-0.25, -0.2) is 9.97 Å². The third-order valence-electron chi connectivity index (χ3n) is 4.76. The number of aliphatic hydroxyl groups is 1. The smallest absolute Gasteiger partial charge is 0.251 e. The van der Waals surface area contributed by atoms with Gasteiger partial charge < -0.3 is 25.0 Å². The number of nitrogens with one attached hydrogen (secondary N) is 2. The van der Waals surface area contributed by atoms with E-state index >= 15 is 0 Å². The number of aromatic nitrogens is 3. The Balaban J connectivity index is 1.48.